The standard InChI is InChI=1S/C13H16N2/c1-10(14-2)11-6-3-4-7-12(11)13-8-5-9-15-13/h3-10,14-15H,1-2H3. The molecule has 1 unspecified atom stereocenters. The Kier molecular flexibility index (Phi) is 2.88. The molecule has 1 heterocycles. The summed E-state index contributed by atoms with van der Waals surface area (Å²) in [5.41, 5.74) is 3.76. The van der Waals surface area contributed by atoms with E-state index in [2.05, 4.69) is 47.6 Å². The maximum absolute atomic E-state index is 3.27. The molecule has 2 N–H and O–H groups in total. The summed E-state index contributed by atoms with van der Waals surface area (Å²) in [7, 11) is 1.98. The maximum atomic E-state index is 3.27. The number of aromatic nitrogens is 1. The van der Waals surface area contributed by atoms with Crippen molar-refractivity contribution in [1.82, 2.24) is 10.3 Å². The lowest BCUT2D eigenvalue weighted by molar-refractivity contribution is 0.653. The summed E-state index contributed by atoms with van der Waals surface area (Å²) in [6, 6.07) is 12.9. The minimum absolute atomic E-state index is 0.365. The minimum Gasteiger partial charge on any atom is -0.361 e. The largest absolute Gasteiger partial charge is 0.361 e. The van der Waals surface area contributed by atoms with Gasteiger partial charge < -0.3 is 10.3 Å². The second kappa shape index (κ2) is 4.32. The molecule has 0 radical (unpaired) electrons. The van der Waals surface area contributed by atoms with Gasteiger partial charge in [-0.1, -0.05) is 24.3 Å². The van der Waals surface area contributed by atoms with Gasteiger partial charge in [0.25, 0.3) is 0 Å². The molecular weight excluding hydrogens is 184 g/mol. The van der Waals surface area contributed by atoms with Crippen molar-refractivity contribution < 1.29 is 0 Å². The SMILES string of the molecule is CNC(C)c1ccccc1-c1ccc[nH]1. The number of rotatable bonds is 3. The van der Waals surface area contributed by atoms with Gasteiger partial charge in [-0.3, -0.25) is 0 Å². The Morgan fingerprint density at radius 2 is 1.93 bits per heavy atom. The van der Waals surface area contributed by atoms with Crippen molar-refractivity contribution in [2.75, 3.05) is 7.05 Å². The van der Waals surface area contributed by atoms with Crippen LogP contribution in [0.5, 0.6) is 0 Å². The summed E-state index contributed by atoms with van der Waals surface area (Å²) in [5, 5.41) is 3.27. The van der Waals surface area contributed by atoms with Crippen LogP contribution in [0.2, 0.25) is 0 Å². The summed E-state index contributed by atoms with van der Waals surface area (Å²) in [4.78, 5) is 3.25. The van der Waals surface area contributed by atoms with E-state index in [-0.39, 0.29) is 0 Å². The molecule has 0 aliphatic heterocycles. The summed E-state index contributed by atoms with van der Waals surface area (Å²) in [6.45, 7) is 2.17. The van der Waals surface area contributed by atoms with Gasteiger partial charge in [0.15, 0.2) is 0 Å². The average Bonchev–Trinajstić information content (AvgIpc) is 2.81. The smallest absolute Gasteiger partial charge is 0.0457 e. The Morgan fingerprint density at radius 3 is 2.60 bits per heavy atom. The summed E-state index contributed by atoms with van der Waals surface area (Å²) in [5.74, 6) is 0. The molecule has 0 amide bonds. The zero-order valence-corrected chi connectivity index (χ0v) is 9.12. The number of H-pyrrole nitrogens is 1. The molecule has 1 aromatic carbocycles. The monoisotopic (exact) mass is 200 g/mol. The summed E-state index contributed by atoms with van der Waals surface area (Å²) < 4.78 is 0. The minimum atomic E-state index is 0.365. The third kappa shape index (κ3) is 1.95. The number of hydrogen-bond acceptors (Lipinski definition) is 1. The van der Waals surface area contributed by atoms with Crippen LogP contribution in [-0.2, 0) is 0 Å². The van der Waals surface area contributed by atoms with Crippen molar-refractivity contribution in [2.24, 2.45) is 0 Å². The molecule has 2 nitrogen and oxygen atoms in total. The number of nitrogens with one attached hydrogen (secondary N) is 2. The van der Waals surface area contributed by atoms with Crippen LogP contribution in [0.1, 0.15) is 18.5 Å². The first-order valence-electron chi connectivity index (χ1n) is 5.23. The van der Waals surface area contributed by atoms with Crippen LogP contribution >= 0.6 is 0 Å². The van der Waals surface area contributed by atoms with Crippen LogP contribution < -0.4 is 5.32 Å². The molecule has 1 aromatic heterocycles. The number of benzene rings is 1. The Balaban J connectivity index is 2.47. The summed E-state index contributed by atoms with van der Waals surface area (Å²) in [6.07, 6.45) is 1.95. The molecule has 0 fully saturated rings. The Bertz CT molecular complexity index is 418. The first-order chi connectivity index (χ1) is 7.33. The van der Waals surface area contributed by atoms with Crippen molar-refractivity contribution in [1.29, 1.82) is 0 Å². The van der Waals surface area contributed by atoms with E-state index in [0.717, 1.165) is 0 Å². The third-order valence-electron chi connectivity index (χ3n) is 2.75. The molecule has 0 saturated heterocycles. The normalized spacial score (nSPS) is 12.7. The Hall–Kier alpha value is -1.54. The third-order valence-corrected chi connectivity index (χ3v) is 2.75. The number of aromatic amines is 1. The molecule has 0 bridgehead atoms. The molecule has 0 saturated carbocycles. The van der Waals surface area contributed by atoms with Gasteiger partial charge in [-0.05, 0) is 31.7 Å². The second-order valence-corrected chi connectivity index (χ2v) is 3.68. The topological polar surface area (TPSA) is 27.8 Å². The molecule has 0 aliphatic rings. The van der Waals surface area contributed by atoms with Gasteiger partial charge in [0, 0.05) is 23.5 Å². The van der Waals surface area contributed by atoms with E-state index < -0.39 is 0 Å². The van der Waals surface area contributed by atoms with Crippen molar-refractivity contribution in [3.05, 3.63) is 48.2 Å². The van der Waals surface area contributed by atoms with Crippen LogP contribution in [0, 0.1) is 0 Å². The maximum Gasteiger partial charge on any atom is 0.0457 e. The van der Waals surface area contributed by atoms with Gasteiger partial charge in [0.1, 0.15) is 0 Å². The highest BCUT2D eigenvalue weighted by Crippen LogP contribution is 2.26. The fraction of sp³-hybridized carbons (Fsp3) is 0.231. The van der Waals surface area contributed by atoms with Crippen molar-refractivity contribution in [3.63, 3.8) is 0 Å². The van der Waals surface area contributed by atoms with E-state index in [0.29, 0.717) is 6.04 Å². The second-order valence-electron chi connectivity index (χ2n) is 3.68. The first kappa shape index (κ1) is 9.99. The van der Waals surface area contributed by atoms with Crippen molar-refractivity contribution in [2.45, 2.75) is 13.0 Å². The highest BCUT2D eigenvalue weighted by atomic mass is 14.9. The molecule has 2 heteroatoms. The van der Waals surface area contributed by atoms with Crippen LogP contribution in [0.15, 0.2) is 42.6 Å². The number of hydrogen-bond donors (Lipinski definition) is 2. The zero-order valence-electron chi connectivity index (χ0n) is 9.12. The highest BCUT2D eigenvalue weighted by molar-refractivity contribution is 5.64. The Labute approximate surface area is 90.3 Å². The van der Waals surface area contributed by atoms with E-state index in [9.17, 15) is 0 Å². The fourth-order valence-corrected chi connectivity index (χ4v) is 1.77. The van der Waals surface area contributed by atoms with Gasteiger partial charge in [-0.15, -0.1) is 0 Å². The highest BCUT2D eigenvalue weighted by Gasteiger charge is 2.09. The van der Waals surface area contributed by atoms with Gasteiger partial charge in [-0.2, -0.15) is 0 Å². The molecule has 15 heavy (non-hydrogen) atoms. The van der Waals surface area contributed by atoms with Gasteiger partial charge in [0.05, 0.1) is 0 Å². The molecule has 2 aromatic rings. The van der Waals surface area contributed by atoms with Crippen LogP contribution in [-0.4, -0.2) is 12.0 Å². The first-order valence-corrected chi connectivity index (χ1v) is 5.23. The lowest BCUT2D eigenvalue weighted by Crippen LogP contribution is -2.13. The molecule has 1 atom stereocenters. The predicted octanol–water partition coefficient (Wildman–Crippen LogP) is 2.96. The summed E-state index contributed by atoms with van der Waals surface area (Å²) >= 11 is 0. The van der Waals surface area contributed by atoms with Crippen LogP contribution in [0.25, 0.3) is 11.3 Å². The van der Waals surface area contributed by atoms with E-state index in [1.54, 1.807) is 0 Å². The van der Waals surface area contributed by atoms with Gasteiger partial charge in [-0.25, -0.2) is 0 Å². The lowest BCUT2D eigenvalue weighted by atomic mass is 9.99. The van der Waals surface area contributed by atoms with E-state index in [1.807, 2.05) is 19.3 Å². The van der Waals surface area contributed by atoms with Crippen molar-refractivity contribution in [3.8, 4) is 11.3 Å². The van der Waals surface area contributed by atoms with E-state index >= 15 is 0 Å². The van der Waals surface area contributed by atoms with Crippen LogP contribution in [0.4, 0.5) is 0 Å². The molecule has 78 valence electrons. The van der Waals surface area contributed by atoms with E-state index in [4.69, 9.17) is 0 Å². The zero-order chi connectivity index (χ0) is 10.7. The predicted molar refractivity (Wildman–Crippen MR) is 63.7 cm³/mol. The van der Waals surface area contributed by atoms with Gasteiger partial charge in [0.2, 0.25) is 0 Å². The average molecular weight is 200 g/mol. The lowest BCUT2D eigenvalue weighted by Gasteiger charge is -2.14. The van der Waals surface area contributed by atoms with Crippen LogP contribution in [0.3, 0.4) is 0 Å². The molecule has 0 aliphatic carbocycles. The van der Waals surface area contributed by atoms with Gasteiger partial charge >= 0.3 is 0 Å². The molecular formula is C13H16N2. The molecule has 2 rings (SSSR count). The quantitative estimate of drug-likeness (QED) is 0.783. The van der Waals surface area contributed by atoms with Crippen molar-refractivity contribution >= 4 is 0 Å². The fourth-order valence-electron chi connectivity index (χ4n) is 1.77. The Morgan fingerprint density at radius 1 is 1.13 bits per heavy atom. The molecule has 0 spiro atoms. The van der Waals surface area contributed by atoms with E-state index in [1.165, 1.54) is 16.8 Å².